The SMILES string of the molecule is Cc1ccc(C(C)C)c(OCC(=O)NC[C@@H](c2cccs2)N2CCN(C)CC2)c1. The van der Waals surface area contributed by atoms with Crippen molar-refractivity contribution < 1.29 is 9.53 Å². The van der Waals surface area contributed by atoms with Crippen molar-refractivity contribution in [3.05, 3.63) is 51.7 Å². The van der Waals surface area contributed by atoms with Crippen LogP contribution in [0.15, 0.2) is 35.7 Å². The van der Waals surface area contributed by atoms with Gasteiger partial charge in [-0.2, -0.15) is 0 Å². The van der Waals surface area contributed by atoms with Crippen LogP contribution in [0.25, 0.3) is 0 Å². The summed E-state index contributed by atoms with van der Waals surface area (Å²) in [5.74, 6) is 1.09. The molecule has 1 amide bonds. The fourth-order valence-corrected chi connectivity index (χ4v) is 4.53. The Kier molecular flexibility index (Phi) is 7.70. The van der Waals surface area contributed by atoms with Crippen LogP contribution in [0.2, 0.25) is 0 Å². The van der Waals surface area contributed by atoms with E-state index in [4.69, 9.17) is 4.74 Å². The molecule has 0 saturated carbocycles. The Morgan fingerprint density at radius 3 is 2.62 bits per heavy atom. The summed E-state index contributed by atoms with van der Waals surface area (Å²) < 4.78 is 5.89. The fourth-order valence-electron chi connectivity index (χ4n) is 3.67. The van der Waals surface area contributed by atoms with Gasteiger partial charge in [0.2, 0.25) is 0 Å². The van der Waals surface area contributed by atoms with Gasteiger partial charge in [-0.3, -0.25) is 9.69 Å². The molecule has 1 aromatic heterocycles. The standard InChI is InChI=1S/C23H33N3O2S/c1-17(2)19-8-7-18(3)14-21(19)28-16-23(27)24-15-20(22-6-5-13-29-22)26-11-9-25(4)10-12-26/h5-8,13-14,17,20H,9-12,15-16H2,1-4H3,(H,24,27)/t20-/m0/s1. The Hall–Kier alpha value is -1.89. The van der Waals surface area contributed by atoms with E-state index >= 15 is 0 Å². The van der Waals surface area contributed by atoms with Crippen LogP contribution in [0.1, 0.15) is 41.8 Å². The van der Waals surface area contributed by atoms with Crippen LogP contribution in [0.5, 0.6) is 5.75 Å². The van der Waals surface area contributed by atoms with Gasteiger partial charge in [0.1, 0.15) is 5.75 Å². The van der Waals surface area contributed by atoms with Crippen LogP contribution in [0.3, 0.4) is 0 Å². The van der Waals surface area contributed by atoms with Crippen LogP contribution in [0, 0.1) is 6.92 Å². The number of carbonyl (C=O) groups excluding carboxylic acids is 1. The molecule has 0 aliphatic carbocycles. The largest absolute Gasteiger partial charge is 0.483 e. The predicted octanol–water partition coefficient (Wildman–Crippen LogP) is 3.66. The van der Waals surface area contributed by atoms with Crippen molar-refractivity contribution in [2.75, 3.05) is 46.4 Å². The molecule has 1 aromatic carbocycles. The number of rotatable bonds is 8. The molecule has 2 aromatic rings. The minimum atomic E-state index is -0.0723. The minimum absolute atomic E-state index is 0.0447. The smallest absolute Gasteiger partial charge is 0.258 e. The van der Waals surface area contributed by atoms with Gasteiger partial charge in [0, 0.05) is 37.6 Å². The molecule has 1 aliphatic heterocycles. The van der Waals surface area contributed by atoms with Gasteiger partial charge in [0.25, 0.3) is 5.91 Å². The van der Waals surface area contributed by atoms with Crippen molar-refractivity contribution in [2.45, 2.75) is 32.7 Å². The molecule has 1 saturated heterocycles. The van der Waals surface area contributed by atoms with Gasteiger partial charge in [-0.25, -0.2) is 0 Å². The molecule has 158 valence electrons. The van der Waals surface area contributed by atoms with Crippen molar-refractivity contribution in [2.24, 2.45) is 0 Å². The third-order valence-corrected chi connectivity index (χ3v) is 6.47. The van der Waals surface area contributed by atoms with Crippen LogP contribution in [0.4, 0.5) is 0 Å². The maximum Gasteiger partial charge on any atom is 0.258 e. The van der Waals surface area contributed by atoms with Crippen molar-refractivity contribution in [1.82, 2.24) is 15.1 Å². The summed E-state index contributed by atoms with van der Waals surface area (Å²) in [5, 5.41) is 5.21. The van der Waals surface area contributed by atoms with Crippen LogP contribution < -0.4 is 10.1 Å². The molecule has 2 heterocycles. The number of thiophene rings is 1. The summed E-state index contributed by atoms with van der Waals surface area (Å²) in [6, 6.07) is 10.7. The number of nitrogens with zero attached hydrogens (tertiary/aromatic N) is 2. The zero-order valence-electron chi connectivity index (χ0n) is 18.0. The Morgan fingerprint density at radius 2 is 1.97 bits per heavy atom. The van der Waals surface area contributed by atoms with Gasteiger partial charge in [0.05, 0.1) is 6.04 Å². The number of hydrogen-bond acceptors (Lipinski definition) is 5. The summed E-state index contributed by atoms with van der Waals surface area (Å²) >= 11 is 1.76. The lowest BCUT2D eigenvalue weighted by Gasteiger charge is -2.37. The number of likely N-dealkylation sites (N-methyl/N-ethyl adjacent to an activating group) is 1. The number of aryl methyl sites for hydroxylation is 1. The Morgan fingerprint density at radius 1 is 1.21 bits per heavy atom. The summed E-state index contributed by atoms with van der Waals surface area (Å²) in [6.07, 6.45) is 0. The molecule has 0 unspecified atom stereocenters. The molecule has 1 fully saturated rings. The zero-order valence-corrected chi connectivity index (χ0v) is 18.8. The lowest BCUT2D eigenvalue weighted by molar-refractivity contribution is -0.123. The molecular formula is C23H33N3O2S. The van der Waals surface area contributed by atoms with Gasteiger partial charge < -0.3 is 15.0 Å². The maximum atomic E-state index is 12.5. The molecule has 0 bridgehead atoms. The molecule has 1 N–H and O–H groups in total. The molecule has 29 heavy (non-hydrogen) atoms. The predicted molar refractivity (Wildman–Crippen MR) is 120 cm³/mol. The van der Waals surface area contributed by atoms with E-state index < -0.39 is 0 Å². The molecular weight excluding hydrogens is 382 g/mol. The van der Waals surface area contributed by atoms with E-state index in [2.05, 4.69) is 65.7 Å². The number of carbonyl (C=O) groups is 1. The molecule has 6 heteroatoms. The Balaban J connectivity index is 1.57. The Bertz CT molecular complexity index is 783. The summed E-state index contributed by atoms with van der Waals surface area (Å²) in [5.41, 5.74) is 2.27. The van der Waals surface area contributed by atoms with Crippen molar-refractivity contribution in [3.63, 3.8) is 0 Å². The fraction of sp³-hybridized carbons (Fsp3) is 0.522. The monoisotopic (exact) mass is 415 g/mol. The highest BCUT2D eigenvalue weighted by Gasteiger charge is 2.25. The second-order valence-corrected chi connectivity index (χ2v) is 9.14. The molecule has 5 nitrogen and oxygen atoms in total. The number of piperazine rings is 1. The van der Waals surface area contributed by atoms with Gasteiger partial charge in [-0.1, -0.05) is 32.0 Å². The molecule has 3 rings (SSSR count). The van der Waals surface area contributed by atoms with E-state index in [1.807, 2.05) is 13.0 Å². The quantitative estimate of drug-likeness (QED) is 0.715. The van der Waals surface area contributed by atoms with E-state index in [1.165, 1.54) is 4.88 Å². The van der Waals surface area contributed by atoms with Crippen molar-refractivity contribution in [1.29, 1.82) is 0 Å². The van der Waals surface area contributed by atoms with E-state index in [0.29, 0.717) is 12.5 Å². The average Bonchev–Trinajstić information content (AvgIpc) is 3.22. The van der Waals surface area contributed by atoms with Crippen molar-refractivity contribution in [3.8, 4) is 5.75 Å². The third-order valence-electron chi connectivity index (χ3n) is 5.49. The van der Waals surface area contributed by atoms with Gasteiger partial charge in [-0.05, 0) is 48.5 Å². The highest BCUT2D eigenvalue weighted by molar-refractivity contribution is 7.10. The van der Waals surface area contributed by atoms with Crippen LogP contribution in [-0.2, 0) is 4.79 Å². The first-order chi connectivity index (χ1) is 13.9. The normalized spacial score (nSPS) is 16.7. The van der Waals surface area contributed by atoms with E-state index in [-0.39, 0.29) is 18.6 Å². The summed E-state index contributed by atoms with van der Waals surface area (Å²) in [4.78, 5) is 18.7. The van der Waals surface area contributed by atoms with Crippen LogP contribution in [-0.4, -0.2) is 62.1 Å². The van der Waals surface area contributed by atoms with E-state index in [0.717, 1.165) is 43.1 Å². The topological polar surface area (TPSA) is 44.8 Å². The maximum absolute atomic E-state index is 12.5. The Labute approximate surface area is 178 Å². The van der Waals surface area contributed by atoms with Crippen molar-refractivity contribution >= 4 is 17.2 Å². The van der Waals surface area contributed by atoms with Crippen LogP contribution >= 0.6 is 11.3 Å². The molecule has 1 aliphatic rings. The highest BCUT2D eigenvalue weighted by atomic mass is 32.1. The number of hydrogen-bond donors (Lipinski definition) is 1. The molecule has 0 radical (unpaired) electrons. The first kappa shape index (κ1) is 21.8. The first-order valence-electron chi connectivity index (χ1n) is 10.4. The molecule has 1 atom stereocenters. The van der Waals surface area contributed by atoms with Gasteiger partial charge in [0.15, 0.2) is 6.61 Å². The zero-order chi connectivity index (χ0) is 20.8. The summed E-state index contributed by atoms with van der Waals surface area (Å²) in [7, 11) is 2.16. The number of amides is 1. The first-order valence-corrected chi connectivity index (χ1v) is 11.3. The lowest BCUT2D eigenvalue weighted by Crippen LogP contribution is -2.48. The second-order valence-electron chi connectivity index (χ2n) is 8.16. The summed E-state index contributed by atoms with van der Waals surface area (Å²) in [6.45, 7) is 11.1. The average molecular weight is 416 g/mol. The van der Waals surface area contributed by atoms with E-state index in [1.54, 1.807) is 11.3 Å². The van der Waals surface area contributed by atoms with Gasteiger partial charge >= 0.3 is 0 Å². The minimum Gasteiger partial charge on any atom is -0.483 e. The number of nitrogens with one attached hydrogen (secondary N) is 1. The number of ether oxygens (including phenoxy) is 1. The second kappa shape index (κ2) is 10.2. The molecule has 0 spiro atoms. The highest BCUT2D eigenvalue weighted by Crippen LogP contribution is 2.28. The lowest BCUT2D eigenvalue weighted by atomic mass is 10.0. The van der Waals surface area contributed by atoms with E-state index in [9.17, 15) is 4.79 Å². The number of benzene rings is 1. The van der Waals surface area contributed by atoms with Gasteiger partial charge in [-0.15, -0.1) is 11.3 Å². The third kappa shape index (κ3) is 6.04.